The molecule has 0 unspecified atom stereocenters. The van der Waals surface area contributed by atoms with Gasteiger partial charge in [-0.3, -0.25) is 0 Å². The van der Waals surface area contributed by atoms with E-state index in [0.717, 1.165) is 77.4 Å². The molecule has 0 N–H and O–H groups in total. The maximum Gasteiger partial charge on any atom is 0.243 e. The second-order valence-electron chi connectivity index (χ2n) is 13.5. The number of sulfonamides is 1. The molecule has 0 bridgehead atoms. The molecule has 0 aliphatic heterocycles. The lowest BCUT2D eigenvalue weighted by Crippen LogP contribution is -2.40. The highest BCUT2D eigenvalue weighted by Crippen LogP contribution is 2.24. The Kier molecular flexibility index (Phi) is 11.4. The third kappa shape index (κ3) is 9.73. The van der Waals surface area contributed by atoms with Crippen molar-refractivity contribution in [2.45, 2.75) is 64.9 Å². The van der Waals surface area contributed by atoms with E-state index >= 15 is 0 Å². The Labute approximate surface area is 266 Å². The summed E-state index contributed by atoms with van der Waals surface area (Å²) >= 11 is 0. The van der Waals surface area contributed by atoms with Crippen molar-refractivity contribution in [1.82, 2.24) is 9.21 Å². The van der Waals surface area contributed by atoms with Crippen molar-refractivity contribution in [3.8, 4) is 0 Å². The number of fused-ring (bicyclic) bond motifs is 1. The minimum atomic E-state index is -3.66. The largest absolute Gasteiger partial charge is 0.325 e. The Morgan fingerprint density at radius 2 is 1.18 bits per heavy atom. The minimum Gasteiger partial charge on any atom is -0.325 e. The highest BCUT2D eigenvalue weighted by atomic mass is 32.2. The molecule has 0 fully saturated rings. The lowest BCUT2D eigenvalue weighted by Gasteiger charge is -2.31. The molecule has 5 nitrogen and oxygen atoms in total. The fourth-order valence-corrected chi connectivity index (χ4v) is 7.91. The Balaban J connectivity index is 1.34. The zero-order valence-electron chi connectivity index (χ0n) is 27.9. The predicted octanol–water partition coefficient (Wildman–Crippen LogP) is 7.64. The van der Waals surface area contributed by atoms with Gasteiger partial charge in [0.15, 0.2) is 0 Å². The van der Waals surface area contributed by atoms with Crippen molar-refractivity contribution in [2.24, 2.45) is 0 Å². The molecular formula is C38H52N3O2S+. The van der Waals surface area contributed by atoms with E-state index in [-0.39, 0.29) is 0 Å². The molecule has 0 aliphatic rings. The lowest BCUT2D eigenvalue weighted by molar-refractivity contribution is -0.903. The van der Waals surface area contributed by atoms with Gasteiger partial charge in [0.05, 0.1) is 25.5 Å². The fourth-order valence-electron chi connectivity index (χ4n) is 6.41. The molecule has 0 aromatic heterocycles. The van der Waals surface area contributed by atoms with Crippen LogP contribution >= 0.6 is 0 Å². The molecule has 4 rings (SSSR count). The summed E-state index contributed by atoms with van der Waals surface area (Å²) in [6, 6.07) is 26.6. The molecular weight excluding hydrogens is 563 g/mol. The van der Waals surface area contributed by atoms with E-state index in [1.807, 2.05) is 36.4 Å². The predicted molar refractivity (Wildman–Crippen MR) is 185 cm³/mol. The summed E-state index contributed by atoms with van der Waals surface area (Å²) in [6.07, 6.45) is 2.90. The number of unbranched alkanes of at least 4 members (excludes halogenated alkanes) is 1. The summed E-state index contributed by atoms with van der Waals surface area (Å²) < 4.78 is 30.6. The normalized spacial score (nSPS) is 12.5. The number of quaternary nitrogens is 1. The van der Waals surface area contributed by atoms with Crippen LogP contribution in [0.25, 0.3) is 10.8 Å². The number of benzene rings is 4. The first-order valence-electron chi connectivity index (χ1n) is 15.9. The van der Waals surface area contributed by atoms with E-state index < -0.39 is 10.0 Å². The van der Waals surface area contributed by atoms with Crippen LogP contribution in [0.5, 0.6) is 0 Å². The molecule has 0 saturated carbocycles. The summed E-state index contributed by atoms with van der Waals surface area (Å²) in [5.74, 6) is 0. The average Bonchev–Trinajstić information content (AvgIpc) is 2.92. The van der Waals surface area contributed by atoms with E-state index in [2.05, 4.69) is 90.1 Å². The number of rotatable bonds is 15. The zero-order valence-corrected chi connectivity index (χ0v) is 28.8. The highest BCUT2D eigenvalue weighted by molar-refractivity contribution is 7.89. The summed E-state index contributed by atoms with van der Waals surface area (Å²) in [6.45, 7) is 13.5. The van der Waals surface area contributed by atoms with E-state index in [9.17, 15) is 8.42 Å². The van der Waals surface area contributed by atoms with Crippen LogP contribution in [0.4, 0.5) is 0 Å². The molecule has 0 atom stereocenters. The lowest BCUT2D eigenvalue weighted by atomic mass is 10.1. The van der Waals surface area contributed by atoms with Gasteiger partial charge >= 0.3 is 0 Å². The maximum atomic E-state index is 14.0. The van der Waals surface area contributed by atoms with Gasteiger partial charge in [-0.1, -0.05) is 89.0 Å². The summed E-state index contributed by atoms with van der Waals surface area (Å²) in [5.41, 5.74) is 7.41. The molecule has 236 valence electrons. The van der Waals surface area contributed by atoms with Crippen LogP contribution in [0.2, 0.25) is 0 Å². The average molecular weight is 615 g/mol. The first-order valence-corrected chi connectivity index (χ1v) is 17.4. The Bertz CT molecular complexity index is 1620. The zero-order chi connectivity index (χ0) is 31.9. The van der Waals surface area contributed by atoms with Crippen LogP contribution in [-0.4, -0.2) is 69.4 Å². The Hall–Kier alpha value is -3.03. The number of hydrogen-bond donors (Lipinski definition) is 0. The second kappa shape index (κ2) is 14.8. The highest BCUT2D eigenvalue weighted by Gasteiger charge is 2.25. The van der Waals surface area contributed by atoms with Gasteiger partial charge in [-0.05, 0) is 82.6 Å². The van der Waals surface area contributed by atoms with Gasteiger partial charge in [0.2, 0.25) is 10.0 Å². The van der Waals surface area contributed by atoms with Crippen molar-refractivity contribution in [3.63, 3.8) is 0 Å². The van der Waals surface area contributed by atoms with Gasteiger partial charge < -0.3 is 9.38 Å². The smallest absolute Gasteiger partial charge is 0.243 e. The Morgan fingerprint density at radius 1 is 0.636 bits per heavy atom. The van der Waals surface area contributed by atoms with E-state index in [4.69, 9.17) is 0 Å². The molecule has 0 spiro atoms. The van der Waals surface area contributed by atoms with Gasteiger partial charge in [0.1, 0.15) is 6.54 Å². The molecule has 44 heavy (non-hydrogen) atoms. The van der Waals surface area contributed by atoms with Gasteiger partial charge in [-0.15, -0.1) is 0 Å². The Morgan fingerprint density at radius 3 is 1.82 bits per heavy atom. The van der Waals surface area contributed by atoms with E-state index in [1.54, 1.807) is 10.4 Å². The van der Waals surface area contributed by atoms with E-state index in [0.29, 0.717) is 18.0 Å². The van der Waals surface area contributed by atoms with Crippen LogP contribution in [-0.2, 0) is 23.1 Å². The first-order chi connectivity index (χ1) is 20.8. The van der Waals surface area contributed by atoms with Gasteiger partial charge in [0, 0.05) is 31.6 Å². The van der Waals surface area contributed by atoms with Crippen LogP contribution in [0.3, 0.4) is 0 Å². The molecule has 4 aromatic rings. The summed E-state index contributed by atoms with van der Waals surface area (Å²) in [4.78, 5) is 2.75. The molecule has 0 saturated heterocycles. The maximum absolute atomic E-state index is 14.0. The molecule has 0 heterocycles. The second-order valence-corrected chi connectivity index (χ2v) is 15.5. The van der Waals surface area contributed by atoms with Crippen molar-refractivity contribution < 1.29 is 12.9 Å². The summed E-state index contributed by atoms with van der Waals surface area (Å²) in [7, 11) is 3.16. The van der Waals surface area contributed by atoms with Gasteiger partial charge in [-0.2, -0.15) is 4.31 Å². The van der Waals surface area contributed by atoms with Crippen LogP contribution in [0, 0.1) is 27.7 Å². The van der Waals surface area contributed by atoms with Crippen LogP contribution < -0.4 is 0 Å². The number of aryl methyl sites for hydroxylation is 4. The SMILES string of the molecule is Cc1cc(C)cc(CN(CCCCN(C)CCC[N+](C)(C)Cc2cc(C)cc(C)c2)S(=O)(=O)c2ccc3ccccc3c2)c1. The van der Waals surface area contributed by atoms with Gasteiger partial charge in [0.25, 0.3) is 0 Å². The third-order valence-corrected chi connectivity index (χ3v) is 10.2. The van der Waals surface area contributed by atoms with Gasteiger partial charge in [-0.25, -0.2) is 8.42 Å². The van der Waals surface area contributed by atoms with Crippen molar-refractivity contribution >= 4 is 20.8 Å². The fraction of sp³-hybridized carbons (Fsp3) is 0.421. The standard InChI is InChI=1S/C38H52N3O2S/c1-30-21-31(2)24-34(23-30)28-40(44(42,43)38-16-15-36-13-8-9-14-37(36)27-38)19-11-10-17-39(5)18-12-20-41(6,7)29-35-25-32(3)22-33(4)26-35/h8-9,13-16,21-27H,10-12,17-20,28-29H2,1-7H3/q+1. The topological polar surface area (TPSA) is 40.6 Å². The number of nitrogens with zero attached hydrogens (tertiary/aromatic N) is 3. The molecule has 6 heteroatoms. The quantitative estimate of drug-likeness (QED) is 0.102. The molecule has 0 amide bonds. The van der Waals surface area contributed by atoms with Crippen molar-refractivity contribution in [3.05, 3.63) is 112 Å². The first kappa shape index (κ1) is 33.9. The summed E-state index contributed by atoms with van der Waals surface area (Å²) in [5, 5.41) is 1.99. The third-order valence-electron chi connectivity index (χ3n) is 8.39. The number of hydrogen-bond acceptors (Lipinski definition) is 3. The molecule has 4 aromatic carbocycles. The molecule has 0 aliphatic carbocycles. The van der Waals surface area contributed by atoms with E-state index in [1.165, 1.54) is 16.7 Å². The van der Waals surface area contributed by atoms with Crippen molar-refractivity contribution in [2.75, 3.05) is 47.3 Å². The molecule has 0 radical (unpaired) electrons. The minimum absolute atomic E-state index is 0.360. The monoisotopic (exact) mass is 614 g/mol. The van der Waals surface area contributed by atoms with Crippen molar-refractivity contribution in [1.29, 1.82) is 0 Å². The van der Waals surface area contributed by atoms with Crippen LogP contribution in [0.15, 0.2) is 83.8 Å². The van der Waals surface area contributed by atoms with Crippen LogP contribution in [0.1, 0.15) is 52.6 Å².